The second-order valence-electron chi connectivity index (χ2n) is 8.15. The zero-order valence-electron chi connectivity index (χ0n) is 16.4. The highest BCUT2D eigenvalue weighted by atomic mass is 32.2. The van der Waals surface area contributed by atoms with Crippen molar-refractivity contribution in [2.24, 2.45) is 5.14 Å². The topological polar surface area (TPSA) is 135 Å². The summed E-state index contributed by atoms with van der Waals surface area (Å²) < 4.78 is 52.2. The van der Waals surface area contributed by atoms with Crippen molar-refractivity contribution in [1.29, 1.82) is 0 Å². The summed E-state index contributed by atoms with van der Waals surface area (Å²) >= 11 is 0. The molecule has 0 spiro atoms. The van der Waals surface area contributed by atoms with Crippen molar-refractivity contribution in [1.82, 2.24) is 0 Å². The van der Waals surface area contributed by atoms with Gasteiger partial charge in [-0.25, -0.2) is 13.6 Å². The van der Waals surface area contributed by atoms with Gasteiger partial charge >= 0.3 is 0 Å². The molecule has 29 heavy (non-hydrogen) atoms. The van der Waals surface area contributed by atoms with Crippen LogP contribution in [-0.2, 0) is 38.5 Å². The first-order valence-electron chi connectivity index (χ1n) is 9.15. The maximum absolute atomic E-state index is 12.9. The molecular weight excluding hydrogens is 404 g/mol. The number of carbonyl (C=O) groups excluding carboxylic acids is 1. The summed E-state index contributed by atoms with van der Waals surface area (Å²) in [6.45, 7) is 7.02. The molecule has 3 saturated heterocycles. The fraction of sp³-hybridized carbons (Fsp3) is 0.611. The van der Waals surface area contributed by atoms with Gasteiger partial charge in [-0.3, -0.25) is 4.79 Å². The Morgan fingerprint density at radius 1 is 0.931 bits per heavy atom. The Morgan fingerprint density at radius 3 is 2.10 bits per heavy atom. The highest BCUT2D eigenvalue weighted by molar-refractivity contribution is 7.89. The number of sulfonamides is 1. The van der Waals surface area contributed by atoms with Gasteiger partial charge in [-0.15, -0.1) is 0 Å². The third kappa shape index (κ3) is 4.04. The van der Waals surface area contributed by atoms with Crippen LogP contribution in [0.1, 0.15) is 27.7 Å². The van der Waals surface area contributed by atoms with Crippen LogP contribution >= 0.6 is 0 Å². The molecule has 10 nitrogen and oxygen atoms in total. The summed E-state index contributed by atoms with van der Waals surface area (Å²) in [6.07, 6.45) is -3.59. The van der Waals surface area contributed by atoms with E-state index in [0.29, 0.717) is 5.69 Å². The van der Waals surface area contributed by atoms with Crippen LogP contribution in [0.3, 0.4) is 0 Å². The predicted octanol–water partition coefficient (Wildman–Crippen LogP) is 0.669. The first-order chi connectivity index (χ1) is 13.3. The number of hydrogen-bond acceptors (Lipinski definition) is 8. The molecule has 0 bridgehead atoms. The zero-order chi connectivity index (χ0) is 21.2. The van der Waals surface area contributed by atoms with Crippen molar-refractivity contribution in [3.63, 3.8) is 0 Å². The molecule has 3 fully saturated rings. The molecular formula is C18H24N2O8S. The lowest BCUT2D eigenvalue weighted by atomic mass is 9.98. The lowest BCUT2D eigenvalue weighted by molar-refractivity contribution is -0.229. The standard InChI is InChI=1S/C18H24N2O8S/c1-17(2)25-11-12(26-17)14-16(28-18(3,4)27-14)24-13(11)15(21)20-9-5-7-10(8-6-9)29(19,22)23/h5-8,11-14,16H,1-4H3,(H,20,21)(H2,19,22,23)/t11-,12+,13-,14-,16-/m1/s1. The van der Waals surface area contributed by atoms with Crippen LogP contribution in [0.15, 0.2) is 29.2 Å². The molecule has 4 rings (SSSR count). The molecule has 0 saturated carbocycles. The molecule has 160 valence electrons. The summed E-state index contributed by atoms with van der Waals surface area (Å²) in [4.78, 5) is 12.9. The summed E-state index contributed by atoms with van der Waals surface area (Å²) in [6, 6.07) is 5.49. The van der Waals surface area contributed by atoms with E-state index in [0.717, 1.165) is 0 Å². The Kier molecular flexibility index (Phi) is 4.78. The van der Waals surface area contributed by atoms with Crippen molar-refractivity contribution < 1.29 is 36.9 Å². The third-order valence-electron chi connectivity index (χ3n) is 4.86. The lowest BCUT2D eigenvalue weighted by Crippen LogP contribution is -2.58. The number of amides is 1. The highest BCUT2D eigenvalue weighted by Gasteiger charge is 2.62. The molecule has 3 aliphatic rings. The molecule has 1 aromatic carbocycles. The van der Waals surface area contributed by atoms with Crippen LogP contribution in [0.5, 0.6) is 0 Å². The number of nitrogens with one attached hydrogen (secondary N) is 1. The SMILES string of the molecule is CC1(C)O[C@H]2[C@@H](O1)[C@H](C(=O)Nc1ccc(S(N)(=O)=O)cc1)O[C@@H]1OC(C)(C)O[C@@H]12. The van der Waals surface area contributed by atoms with Crippen LogP contribution in [0.2, 0.25) is 0 Å². The molecule has 0 aromatic heterocycles. The molecule has 5 atom stereocenters. The van der Waals surface area contributed by atoms with E-state index in [4.69, 9.17) is 28.8 Å². The Labute approximate surface area is 168 Å². The summed E-state index contributed by atoms with van der Waals surface area (Å²) in [5.74, 6) is -2.28. The molecule has 0 aliphatic carbocycles. The molecule has 1 aromatic rings. The first-order valence-corrected chi connectivity index (χ1v) is 10.7. The van der Waals surface area contributed by atoms with E-state index in [2.05, 4.69) is 5.32 Å². The van der Waals surface area contributed by atoms with Gasteiger partial charge < -0.3 is 29.0 Å². The fourth-order valence-electron chi connectivity index (χ4n) is 3.76. The predicted molar refractivity (Wildman–Crippen MR) is 99.0 cm³/mol. The van der Waals surface area contributed by atoms with Gasteiger partial charge in [0.15, 0.2) is 24.0 Å². The third-order valence-corrected chi connectivity index (χ3v) is 5.79. The normalized spacial score (nSPS) is 35.0. The van der Waals surface area contributed by atoms with Gasteiger partial charge in [-0.2, -0.15) is 0 Å². The number of benzene rings is 1. The average Bonchev–Trinajstić information content (AvgIpc) is 3.07. The van der Waals surface area contributed by atoms with E-state index in [1.165, 1.54) is 24.3 Å². The molecule has 3 aliphatic heterocycles. The zero-order valence-corrected chi connectivity index (χ0v) is 17.3. The minimum absolute atomic E-state index is 0.0552. The maximum atomic E-state index is 12.9. The average molecular weight is 428 g/mol. The van der Waals surface area contributed by atoms with Gasteiger partial charge in [-0.1, -0.05) is 0 Å². The van der Waals surface area contributed by atoms with E-state index >= 15 is 0 Å². The van der Waals surface area contributed by atoms with Crippen molar-refractivity contribution >= 4 is 21.6 Å². The first kappa shape index (κ1) is 20.7. The summed E-state index contributed by atoms with van der Waals surface area (Å²) in [7, 11) is -3.82. The highest BCUT2D eigenvalue weighted by Crippen LogP contribution is 2.44. The van der Waals surface area contributed by atoms with Crippen LogP contribution in [0.25, 0.3) is 0 Å². The molecule has 0 unspecified atom stereocenters. The number of nitrogens with two attached hydrogens (primary N) is 1. The number of rotatable bonds is 3. The molecule has 0 radical (unpaired) electrons. The summed E-state index contributed by atoms with van der Waals surface area (Å²) in [5, 5.41) is 7.79. The van der Waals surface area contributed by atoms with E-state index in [-0.39, 0.29) is 4.90 Å². The monoisotopic (exact) mass is 428 g/mol. The molecule has 3 N–H and O–H groups in total. The van der Waals surface area contributed by atoms with Crippen molar-refractivity contribution in [3.8, 4) is 0 Å². The smallest absolute Gasteiger partial charge is 0.256 e. The van der Waals surface area contributed by atoms with Gasteiger partial charge in [0.25, 0.3) is 5.91 Å². The number of ether oxygens (including phenoxy) is 5. The van der Waals surface area contributed by atoms with Crippen LogP contribution < -0.4 is 10.5 Å². The minimum Gasteiger partial charge on any atom is -0.342 e. The quantitative estimate of drug-likeness (QED) is 0.717. The number of hydrogen-bond donors (Lipinski definition) is 2. The van der Waals surface area contributed by atoms with Crippen LogP contribution in [-0.4, -0.2) is 56.6 Å². The van der Waals surface area contributed by atoms with E-state index < -0.39 is 58.2 Å². The molecule has 1 amide bonds. The lowest BCUT2D eigenvalue weighted by Gasteiger charge is -2.36. The Bertz CT molecular complexity index is 914. The second-order valence-corrected chi connectivity index (χ2v) is 9.71. The van der Waals surface area contributed by atoms with Crippen molar-refractivity contribution in [2.45, 2.75) is 74.9 Å². The van der Waals surface area contributed by atoms with Gasteiger partial charge in [0.2, 0.25) is 10.0 Å². The van der Waals surface area contributed by atoms with Gasteiger partial charge in [0.05, 0.1) is 4.90 Å². The van der Waals surface area contributed by atoms with E-state index in [1.54, 1.807) is 27.7 Å². The Hall–Kier alpha value is -1.60. The number of primary sulfonamides is 1. The van der Waals surface area contributed by atoms with Gasteiger partial charge in [0.1, 0.15) is 18.3 Å². The number of anilines is 1. The molecule has 3 heterocycles. The fourth-order valence-corrected chi connectivity index (χ4v) is 4.28. The van der Waals surface area contributed by atoms with Crippen molar-refractivity contribution in [3.05, 3.63) is 24.3 Å². The molecule has 11 heteroatoms. The van der Waals surface area contributed by atoms with Crippen molar-refractivity contribution in [2.75, 3.05) is 5.32 Å². The van der Waals surface area contributed by atoms with Crippen LogP contribution in [0, 0.1) is 0 Å². The van der Waals surface area contributed by atoms with Gasteiger partial charge in [-0.05, 0) is 52.0 Å². The van der Waals surface area contributed by atoms with E-state index in [1.807, 2.05) is 0 Å². The van der Waals surface area contributed by atoms with Crippen LogP contribution in [0.4, 0.5) is 5.69 Å². The summed E-state index contributed by atoms with van der Waals surface area (Å²) in [5.41, 5.74) is 0.381. The second kappa shape index (κ2) is 6.71. The maximum Gasteiger partial charge on any atom is 0.256 e. The minimum atomic E-state index is -3.82. The van der Waals surface area contributed by atoms with E-state index in [9.17, 15) is 13.2 Å². The number of fused-ring (bicyclic) bond motifs is 3. The largest absolute Gasteiger partial charge is 0.342 e. The Morgan fingerprint density at radius 2 is 1.48 bits per heavy atom. The Balaban J connectivity index is 1.54. The van der Waals surface area contributed by atoms with Gasteiger partial charge in [0, 0.05) is 5.69 Å². The number of carbonyl (C=O) groups is 1.